The molecule has 3 rings (SSSR count). The Bertz CT molecular complexity index is 676. The zero-order chi connectivity index (χ0) is 14.3. The fourth-order valence-electron chi connectivity index (χ4n) is 2.54. The predicted octanol–water partition coefficient (Wildman–Crippen LogP) is 2.00. The number of hydrogen-bond donors (Lipinski definition) is 1. The molecule has 1 N–H and O–H groups in total. The number of rotatable bonds is 2. The standard InChI is InChI=1S/C14H12N2O4/c1-8-5-11(13-12(15-8)7-20-14(13)17)9-3-2-4-10(6-9)16(18)19/h2-6,11,15H,7H2,1H3/t11-/m1/s1. The maximum absolute atomic E-state index is 11.8. The minimum Gasteiger partial charge on any atom is -0.456 e. The molecule has 2 heterocycles. The number of nitrogens with one attached hydrogen (secondary N) is 1. The molecule has 6 nitrogen and oxygen atoms in total. The van der Waals surface area contributed by atoms with Gasteiger partial charge in [0, 0.05) is 23.7 Å². The number of nitro benzene ring substituents is 1. The molecule has 2 aliphatic rings. The van der Waals surface area contributed by atoms with Crippen molar-refractivity contribution in [1.29, 1.82) is 0 Å². The number of nitro groups is 1. The lowest BCUT2D eigenvalue weighted by atomic mass is 9.87. The molecular formula is C14H12N2O4. The third kappa shape index (κ3) is 1.95. The number of benzene rings is 1. The second-order valence-corrected chi connectivity index (χ2v) is 4.77. The second kappa shape index (κ2) is 4.48. The number of esters is 1. The van der Waals surface area contributed by atoms with Crippen molar-refractivity contribution in [3.05, 3.63) is 63.0 Å². The summed E-state index contributed by atoms with van der Waals surface area (Å²) in [4.78, 5) is 22.3. The Morgan fingerprint density at radius 1 is 1.45 bits per heavy atom. The van der Waals surface area contributed by atoms with Gasteiger partial charge in [-0.05, 0) is 12.5 Å². The van der Waals surface area contributed by atoms with Gasteiger partial charge in [0.1, 0.15) is 6.61 Å². The molecule has 0 fully saturated rings. The summed E-state index contributed by atoms with van der Waals surface area (Å²) in [5.41, 5.74) is 2.91. The molecule has 0 aromatic heterocycles. The summed E-state index contributed by atoms with van der Waals surface area (Å²) in [6.45, 7) is 2.11. The summed E-state index contributed by atoms with van der Waals surface area (Å²) in [5, 5.41) is 14.0. The maximum atomic E-state index is 11.8. The summed E-state index contributed by atoms with van der Waals surface area (Å²) < 4.78 is 5.03. The zero-order valence-electron chi connectivity index (χ0n) is 10.8. The normalized spacial score (nSPS) is 20.9. The number of cyclic esters (lactones) is 1. The van der Waals surface area contributed by atoms with Gasteiger partial charge in [-0.25, -0.2) is 4.79 Å². The van der Waals surface area contributed by atoms with E-state index in [4.69, 9.17) is 4.74 Å². The number of dihydropyridines is 1. The highest BCUT2D eigenvalue weighted by molar-refractivity contribution is 5.94. The fraction of sp³-hybridized carbons (Fsp3) is 0.214. The lowest BCUT2D eigenvalue weighted by Crippen LogP contribution is -2.21. The van der Waals surface area contributed by atoms with Crippen molar-refractivity contribution in [3.8, 4) is 0 Å². The molecule has 0 radical (unpaired) electrons. The average Bonchev–Trinajstić information content (AvgIpc) is 2.79. The van der Waals surface area contributed by atoms with E-state index in [2.05, 4.69) is 5.32 Å². The Morgan fingerprint density at radius 2 is 2.25 bits per heavy atom. The van der Waals surface area contributed by atoms with Crippen LogP contribution in [0.5, 0.6) is 0 Å². The Morgan fingerprint density at radius 3 is 3.00 bits per heavy atom. The first-order valence-corrected chi connectivity index (χ1v) is 6.16. The van der Waals surface area contributed by atoms with Gasteiger partial charge in [-0.1, -0.05) is 18.2 Å². The fourth-order valence-corrected chi connectivity index (χ4v) is 2.54. The second-order valence-electron chi connectivity index (χ2n) is 4.77. The minimum atomic E-state index is -0.441. The quantitative estimate of drug-likeness (QED) is 0.506. The van der Waals surface area contributed by atoms with Crippen LogP contribution in [0.15, 0.2) is 47.3 Å². The predicted molar refractivity (Wildman–Crippen MR) is 70.7 cm³/mol. The Kier molecular flexibility index (Phi) is 2.78. The molecule has 0 saturated carbocycles. The van der Waals surface area contributed by atoms with Crippen LogP contribution in [0.1, 0.15) is 18.4 Å². The molecule has 1 atom stereocenters. The number of nitrogens with zero attached hydrogens (tertiary/aromatic N) is 1. The first kappa shape index (κ1) is 12.4. The van der Waals surface area contributed by atoms with E-state index < -0.39 is 4.92 Å². The topological polar surface area (TPSA) is 81.5 Å². The summed E-state index contributed by atoms with van der Waals surface area (Å²) in [6.07, 6.45) is 1.88. The lowest BCUT2D eigenvalue weighted by Gasteiger charge is -2.21. The van der Waals surface area contributed by atoms with Crippen LogP contribution in [0, 0.1) is 10.1 Å². The molecule has 0 amide bonds. The lowest BCUT2D eigenvalue weighted by molar-refractivity contribution is -0.384. The van der Waals surface area contributed by atoms with Crippen molar-refractivity contribution < 1.29 is 14.5 Å². The molecular weight excluding hydrogens is 260 g/mol. The highest BCUT2D eigenvalue weighted by Crippen LogP contribution is 2.36. The first-order valence-electron chi connectivity index (χ1n) is 6.16. The molecule has 1 aromatic carbocycles. The van der Waals surface area contributed by atoms with E-state index in [-0.39, 0.29) is 24.2 Å². The van der Waals surface area contributed by atoms with Gasteiger partial charge in [-0.15, -0.1) is 0 Å². The van der Waals surface area contributed by atoms with Gasteiger partial charge in [0.15, 0.2) is 0 Å². The van der Waals surface area contributed by atoms with E-state index in [1.54, 1.807) is 12.1 Å². The van der Waals surface area contributed by atoms with Crippen molar-refractivity contribution in [2.24, 2.45) is 0 Å². The highest BCUT2D eigenvalue weighted by Gasteiger charge is 2.34. The largest absolute Gasteiger partial charge is 0.456 e. The van der Waals surface area contributed by atoms with Crippen LogP contribution in [-0.4, -0.2) is 17.5 Å². The number of hydrogen-bond acceptors (Lipinski definition) is 5. The number of non-ortho nitro benzene ring substituents is 1. The Labute approximate surface area is 114 Å². The van der Waals surface area contributed by atoms with Crippen molar-refractivity contribution in [1.82, 2.24) is 5.32 Å². The number of carbonyl (C=O) groups is 1. The van der Waals surface area contributed by atoms with E-state index in [1.807, 2.05) is 13.0 Å². The average molecular weight is 272 g/mol. The van der Waals surface area contributed by atoms with Gasteiger partial charge < -0.3 is 10.1 Å². The minimum absolute atomic E-state index is 0.0144. The highest BCUT2D eigenvalue weighted by atomic mass is 16.6. The van der Waals surface area contributed by atoms with Crippen LogP contribution in [0.2, 0.25) is 0 Å². The van der Waals surface area contributed by atoms with Gasteiger partial charge in [-0.3, -0.25) is 10.1 Å². The molecule has 0 aliphatic carbocycles. The maximum Gasteiger partial charge on any atom is 0.337 e. The van der Waals surface area contributed by atoms with Crippen molar-refractivity contribution in [3.63, 3.8) is 0 Å². The molecule has 6 heteroatoms. The molecule has 1 aromatic rings. The number of carbonyl (C=O) groups excluding carboxylic acids is 1. The van der Waals surface area contributed by atoms with Crippen LogP contribution >= 0.6 is 0 Å². The van der Waals surface area contributed by atoms with E-state index in [0.29, 0.717) is 11.1 Å². The monoisotopic (exact) mass is 272 g/mol. The molecule has 102 valence electrons. The number of allylic oxidation sites excluding steroid dienone is 2. The van der Waals surface area contributed by atoms with Crippen LogP contribution in [-0.2, 0) is 9.53 Å². The molecule has 0 spiro atoms. The molecule has 0 saturated heterocycles. The van der Waals surface area contributed by atoms with Gasteiger partial charge in [0.25, 0.3) is 5.69 Å². The summed E-state index contributed by atoms with van der Waals surface area (Å²) in [7, 11) is 0. The Hall–Kier alpha value is -2.63. The smallest absolute Gasteiger partial charge is 0.337 e. The molecule has 0 bridgehead atoms. The Balaban J connectivity index is 2.07. The van der Waals surface area contributed by atoms with E-state index in [0.717, 1.165) is 11.4 Å². The van der Waals surface area contributed by atoms with Crippen LogP contribution in [0.4, 0.5) is 5.69 Å². The van der Waals surface area contributed by atoms with E-state index >= 15 is 0 Å². The summed E-state index contributed by atoms with van der Waals surface area (Å²) >= 11 is 0. The molecule has 20 heavy (non-hydrogen) atoms. The summed E-state index contributed by atoms with van der Waals surface area (Å²) in [5.74, 6) is -0.672. The van der Waals surface area contributed by atoms with Gasteiger partial charge >= 0.3 is 5.97 Å². The van der Waals surface area contributed by atoms with Crippen LogP contribution < -0.4 is 5.32 Å². The SMILES string of the molecule is CC1=C[C@H](c2cccc([N+](=O)[O-])c2)C2=C(COC2=O)N1. The van der Waals surface area contributed by atoms with Gasteiger partial charge in [-0.2, -0.15) is 0 Å². The van der Waals surface area contributed by atoms with E-state index in [9.17, 15) is 14.9 Å². The van der Waals surface area contributed by atoms with Crippen LogP contribution in [0.3, 0.4) is 0 Å². The van der Waals surface area contributed by atoms with Crippen LogP contribution in [0.25, 0.3) is 0 Å². The van der Waals surface area contributed by atoms with Gasteiger partial charge in [0.05, 0.1) is 16.2 Å². The third-order valence-corrected chi connectivity index (χ3v) is 3.41. The summed E-state index contributed by atoms with van der Waals surface area (Å²) in [6, 6.07) is 6.33. The first-order chi connectivity index (χ1) is 9.56. The van der Waals surface area contributed by atoms with Gasteiger partial charge in [0.2, 0.25) is 0 Å². The van der Waals surface area contributed by atoms with Crippen molar-refractivity contribution in [2.75, 3.05) is 6.61 Å². The van der Waals surface area contributed by atoms with Crippen molar-refractivity contribution in [2.45, 2.75) is 12.8 Å². The van der Waals surface area contributed by atoms with Crippen molar-refractivity contribution >= 4 is 11.7 Å². The third-order valence-electron chi connectivity index (χ3n) is 3.41. The molecule has 2 aliphatic heterocycles. The molecule has 0 unspecified atom stereocenters. The number of ether oxygens (including phenoxy) is 1. The van der Waals surface area contributed by atoms with E-state index in [1.165, 1.54) is 12.1 Å². The zero-order valence-corrected chi connectivity index (χ0v) is 10.8.